The van der Waals surface area contributed by atoms with Gasteiger partial charge >= 0.3 is 11.7 Å². The van der Waals surface area contributed by atoms with Crippen molar-refractivity contribution in [3.05, 3.63) is 26.4 Å². The van der Waals surface area contributed by atoms with Crippen LogP contribution in [0.5, 0.6) is 0 Å². The lowest BCUT2D eigenvalue weighted by molar-refractivity contribution is -0.897. The van der Waals surface area contributed by atoms with Gasteiger partial charge in [0.25, 0.3) is 5.56 Å². The molecule has 150 valence electrons. The lowest BCUT2D eigenvalue weighted by Crippen LogP contribution is -3.14. The number of esters is 1. The van der Waals surface area contributed by atoms with Crippen molar-refractivity contribution >= 4 is 17.6 Å². The molecule has 0 atom stereocenters. The van der Waals surface area contributed by atoms with Gasteiger partial charge in [-0.25, -0.2) is 4.79 Å². The van der Waals surface area contributed by atoms with E-state index in [0.717, 1.165) is 9.47 Å². The first-order valence-electron chi connectivity index (χ1n) is 9.44. The summed E-state index contributed by atoms with van der Waals surface area (Å²) in [5.74, 6) is -0.751. The summed E-state index contributed by atoms with van der Waals surface area (Å²) in [5, 5.41) is 0. The predicted molar refractivity (Wildman–Crippen MR) is 99.9 cm³/mol. The molecule has 1 aliphatic rings. The Morgan fingerprint density at radius 3 is 2.41 bits per heavy atom. The fourth-order valence-corrected chi connectivity index (χ4v) is 3.50. The Balaban J connectivity index is 2.15. The van der Waals surface area contributed by atoms with Gasteiger partial charge in [0.2, 0.25) is 5.78 Å². The number of ether oxygens (including phenoxy) is 1. The van der Waals surface area contributed by atoms with Crippen molar-refractivity contribution < 1.29 is 19.2 Å². The van der Waals surface area contributed by atoms with Crippen LogP contribution in [0.25, 0.3) is 0 Å². The lowest BCUT2D eigenvalue weighted by Gasteiger charge is -2.27. The molecule has 9 nitrogen and oxygen atoms in total. The molecule has 1 aromatic heterocycles. The first-order chi connectivity index (χ1) is 12.8. The Morgan fingerprint density at radius 1 is 1.22 bits per heavy atom. The molecule has 1 fully saturated rings. The van der Waals surface area contributed by atoms with Gasteiger partial charge in [-0.2, -0.15) is 0 Å². The Labute approximate surface area is 157 Å². The highest BCUT2D eigenvalue weighted by molar-refractivity contribution is 6.00. The highest BCUT2D eigenvalue weighted by Gasteiger charge is 2.31. The van der Waals surface area contributed by atoms with E-state index in [0.29, 0.717) is 45.5 Å². The third-order valence-corrected chi connectivity index (χ3v) is 5.03. The van der Waals surface area contributed by atoms with Crippen LogP contribution in [0.15, 0.2) is 9.59 Å². The van der Waals surface area contributed by atoms with Crippen LogP contribution in [-0.4, -0.2) is 47.1 Å². The van der Waals surface area contributed by atoms with E-state index in [2.05, 4.69) is 0 Å². The molecule has 27 heavy (non-hydrogen) atoms. The van der Waals surface area contributed by atoms with E-state index >= 15 is 0 Å². The smallest absolute Gasteiger partial charge is 0.332 e. The molecule has 1 saturated heterocycles. The van der Waals surface area contributed by atoms with Gasteiger partial charge in [-0.3, -0.25) is 23.5 Å². The van der Waals surface area contributed by atoms with Crippen molar-refractivity contribution in [2.24, 2.45) is 13.0 Å². The third-order valence-electron chi connectivity index (χ3n) is 5.03. The molecule has 3 N–H and O–H groups in total. The zero-order valence-corrected chi connectivity index (χ0v) is 16.2. The number of rotatable bonds is 7. The first-order valence-corrected chi connectivity index (χ1v) is 9.44. The second kappa shape index (κ2) is 8.98. The number of anilines is 1. The average molecular weight is 381 g/mol. The summed E-state index contributed by atoms with van der Waals surface area (Å²) in [5.41, 5.74) is 4.71. The molecular weight excluding hydrogens is 352 g/mol. The van der Waals surface area contributed by atoms with Gasteiger partial charge in [-0.15, -0.1) is 0 Å². The first kappa shape index (κ1) is 20.9. The minimum atomic E-state index is -0.657. The summed E-state index contributed by atoms with van der Waals surface area (Å²) >= 11 is 0. The number of piperidine rings is 1. The maximum Gasteiger partial charge on any atom is 0.332 e. The molecule has 0 amide bonds. The zero-order chi connectivity index (χ0) is 20.1. The van der Waals surface area contributed by atoms with Crippen LogP contribution in [0.1, 0.15) is 43.5 Å². The standard InChI is InChI=1S/C18H28N4O5/c1-4-8-22-15(19)14(16(24)20(3)18(22)26)13(23)11-21-9-6-12(7-10-21)17(25)27-5-2/h12H,4-11,19H2,1-3H3/p+1. The monoisotopic (exact) mass is 381 g/mol. The normalized spacial score (nSPS) is 19.7. The van der Waals surface area contributed by atoms with Gasteiger partial charge in [0, 0.05) is 26.4 Å². The van der Waals surface area contributed by atoms with E-state index in [4.69, 9.17) is 10.5 Å². The highest BCUT2D eigenvalue weighted by Crippen LogP contribution is 2.12. The lowest BCUT2D eigenvalue weighted by atomic mass is 9.96. The van der Waals surface area contributed by atoms with Crippen molar-refractivity contribution in [1.82, 2.24) is 9.13 Å². The molecule has 0 spiro atoms. The van der Waals surface area contributed by atoms with Crippen LogP contribution in [0, 0.1) is 5.92 Å². The molecule has 2 heterocycles. The van der Waals surface area contributed by atoms with Crippen molar-refractivity contribution in [2.75, 3.05) is 32.0 Å². The summed E-state index contributed by atoms with van der Waals surface area (Å²) in [6.07, 6.45) is 1.94. The Bertz CT molecular complexity index is 818. The molecule has 0 radical (unpaired) electrons. The van der Waals surface area contributed by atoms with Crippen molar-refractivity contribution in [2.45, 2.75) is 39.7 Å². The van der Waals surface area contributed by atoms with E-state index in [1.54, 1.807) is 6.92 Å². The molecule has 1 aromatic rings. The number of nitrogens with two attached hydrogens (primary N) is 1. The zero-order valence-electron chi connectivity index (χ0n) is 16.2. The van der Waals surface area contributed by atoms with Crippen molar-refractivity contribution in [1.29, 1.82) is 0 Å². The van der Waals surface area contributed by atoms with Crippen LogP contribution in [0.2, 0.25) is 0 Å². The second-order valence-electron chi connectivity index (χ2n) is 6.93. The van der Waals surface area contributed by atoms with Gasteiger partial charge in [-0.1, -0.05) is 6.92 Å². The predicted octanol–water partition coefficient (Wildman–Crippen LogP) is -1.42. The quantitative estimate of drug-likeness (QED) is 0.442. The second-order valence-corrected chi connectivity index (χ2v) is 6.93. The van der Waals surface area contributed by atoms with Gasteiger partial charge in [0.15, 0.2) is 0 Å². The summed E-state index contributed by atoms with van der Waals surface area (Å²) in [6.45, 7) is 5.76. The number of hydrogen-bond donors (Lipinski definition) is 2. The van der Waals surface area contributed by atoms with Crippen LogP contribution in [0.3, 0.4) is 0 Å². The van der Waals surface area contributed by atoms with Gasteiger partial charge in [0.05, 0.1) is 25.6 Å². The molecule has 9 heteroatoms. The molecule has 0 aromatic carbocycles. The minimum absolute atomic E-state index is 0.0595. The molecule has 1 aliphatic heterocycles. The van der Waals surface area contributed by atoms with Gasteiger partial charge < -0.3 is 15.4 Å². The number of Topliss-reactive ketones (excluding diaryl/α,β-unsaturated/α-hetero) is 1. The Kier molecular flexibility index (Phi) is 6.95. The fraction of sp³-hybridized carbons (Fsp3) is 0.667. The third kappa shape index (κ3) is 4.47. The van der Waals surface area contributed by atoms with Gasteiger partial charge in [-0.05, 0) is 13.3 Å². The number of nitrogen functional groups attached to an aromatic ring is 1. The number of ketones is 1. The van der Waals surface area contributed by atoms with Gasteiger partial charge in [0.1, 0.15) is 17.9 Å². The van der Waals surface area contributed by atoms with Crippen LogP contribution < -0.4 is 21.9 Å². The SMILES string of the molecule is CCCn1c(N)c(C(=O)C[NH+]2CCC(C(=O)OCC)CC2)c(=O)n(C)c1=O. The topological polar surface area (TPSA) is 118 Å². The molecule has 0 aliphatic carbocycles. The van der Waals surface area contributed by atoms with Crippen LogP contribution in [-0.2, 0) is 23.1 Å². The number of nitrogens with zero attached hydrogens (tertiary/aromatic N) is 2. The number of nitrogens with one attached hydrogen (secondary N) is 1. The number of aromatic nitrogens is 2. The number of carbonyl (C=O) groups is 2. The molecule has 0 unspecified atom stereocenters. The van der Waals surface area contributed by atoms with Crippen LogP contribution >= 0.6 is 0 Å². The Hall–Kier alpha value is -2.42. The molecule has 0 saturated carbocycles. The van der Waals surface area contributed by atoms with E-state index in [9.17, 15) is 19.2 Å². The van der Waals surface area contributed by atoms with E-state index < -0.39 is 11.2 Å². The maximum atomic E-state index is 12.8. The van der Waals surface area contributed by atoms with Crippen molar-refractivity contribution in [3.8, 4) is 0 Å². The minimum Gasteiger partial charge on any atom is -0.466 e. The Morgan fingerprint density at radius 2 is 1.85 bits per heavy atom. The number of carbonyl (C=O) groups excluding carboxylic acids is 2. The summed E-state index contributed by atoms with van der Waals surface area (Å²) in [6, 6.07) is 0. The molecular formula is C18H29N4O5+. The van der Waals surface area contributed by atoms with E-state index in [-0.39, 0.29) is 35.6 Å². The number of hydrogen-bond acceptors (Lipinski definition) is 6. The average Bonchev–Trinajstić information content (AvgIpc) is 2.64. The van der Waals surface area contributed by atoms with E-state index in [1.165, 1.54) is 11.6 Å². The molecule has 0 bridgehead atoms. The van der Waals surface area contributed by atoms with E-state index in [1.807, 2.05) is 6.92 Å². The number of likely N-dealkylation sites (tertiary alicyclic amines) is 1. The fourth-order valence-electron chi connectivity index (χ4n) is 3.50. The van der Waals surface area contributed by atoms with Crippen molar-refractivity contribution in [3.63, 3.8) is 0 Å². The number of quaternary nitrogens is 1. The summed E-state index contributed by atoms with van der Waals surface area (Å²) in [7, 11) is 1.35. The summed E-state index contributed by atoms with van der Waals surface area (Å²) < 4.78 is 7.26. The maximum absolute atomic E-state index is 12.8. The largest absolute Gasteiger partial charge is 0.466 e. The molecule has 2 rings (SSSR count). The summed E-state index contributed by atoms with van der Waals surface area (Å²) in [4.78, 5) is 50.2. The van der Waals surface area contributed by atoms with Crippen LogP contribution in [0.4, 0.5) is 5.82 Å². The highest BCUT2D eigenvalue weighted by atomic mass is 16.5.